The van der Waals surface area contributed by atoms with Crippen molar-refractivity contribution in [1.82, 2.24) is 0 Å². The zero-order valence-corrected chi connectivity index (χ0v) is 16.5. The van der Waals surface area contributed by atoms with Gasteiger partial charge in [-0.2, -0.15) is 0 Å². The van der Waals surface area contributed by atoms with E-state index in [9.17, 15) is 22.2 Å². The summed E-state index contributed by atoms with van der Waals surface area (Å²) < 4.78 is 57.3. The molecule has 0 aliphatic heterocycles. The SMILES string of the molecule is CC1(Oc2cc(C(=O)OCCS(=O)(=O)[O-])ccc2F)C2CC3CC(C2)CC1C3. The van der Waals surface area contributed by atoms with Gasteiger partial charge >= 0.3 is 5.97 Å². The fourth-order valence-corrected chi connectivity index (χ4v) is 5.84. The van der Waals surface area contributed by atoms with Crippen LogP contribution in [-0.2, 0) is 14.9 Å². The lowest BCUT2D eigenvalue weighted by Gasteiger charge is -2.59. The quantitative estimate of drug-likeness (QED) is 0.527. The Morgan fingerprint density at radius 1 is 1.18 bits per heavy atom. The average Bonchev–Trinajstić information content (AvgIpc) is 2.60. The molecule has 28 heavy (non-hydrogen) atoms. The van der Waals surface area contributed by atoms with Gasteiger partial charge in [-0.25, -0.2) is 17.6 Å². The van der Waals surface area contributed by atoms with Crippen molar-refractivity contribution in [2.45, 2.75) is 44.6 Å². The molecular weight excluding hydrogens is 387 g/mol. The van der Waals surface area contributed by atoms with Crippen molar-refractivity contribution in [2.75, 3.05) is 12.4 Å². The maximum absolute atomic E-state index is 14.4. The van der Waals surface area contributed by atoms with Gasteiger partial charge in [-0.05, 0) is 80.9 Å². The van der Waals surface area contributed by atoms with Gasteiger partial charge in [-0.1, -0.05) is 0 Å². The molecule has 0 atom stereocenters. The smallest absolute Gasteiger partial charge is 0.338 e. The Morgan fingerprint density at radius 3 is 2.36 bits per heavy atom. The molecule has 4 aliphatic rings. The molecule has 1 aromatic rings. The molecule has 0 unspecified atom stereocenters. The van der Waals surface area contributed by atoms with E-state index >= 15 is 0 Å². The van der Waals surface area contributed by atoms with Crippen LogP contribution in [0.25, 0.3) is 0 Å². The first-order valence-corrected chi connectivity index (χ1v) is 11.3. The van der Waals surface area contributed by atoms with Gasteiger partial charge in [-0.3, -0.25) is 0 Å². The molecule has 0 saturated heterocycles. The molecule has 5 rings (SSSR count). The number of ether oxygens (including phenoxy) is 2. The van der Waals surface area contributed by atoms with Crippen molar-refractivity contribution in [3.8, 4) is 5.75 Å². The first-order valence-electron chi connectivity index (χ1n) is 9.73. The first-order chi connectivity index (χ1) is 13.1. The molecule has 6 nitrogen and oxygen atoms in total. The second-order valence-corrected chi connectivity index (χ2v) is 10.2. The third kappa shape index (κ3) is 3.76. The van der Waals surface area contributed by atoms with Crippen LogP contribution >= 0.6 is 0 Å². The summed E-state index contributed by atoms with van der Waals surface area (Å²) in [6, 6.07) is 3.71. The number of carbonyl (C=O) groups is 1. The van der Waals surface area contributed by atoms with E-state index in [1.54, 1.807) is 0 Å². The first kappa shape index (κ1) is 19.6. The predicted molar refractivity (Wildman–Crippen MR) is 97.3 cm³/mol. The van der Waals surface area contributed by atoms with E-state index in [0.29, 0.717) is 11.8 Å². The second kappa shape index (κ2) is 6.99. The van der Waals surface area contributed by atoms with E-state index in [1.807, 2.05) is 0 Å². The van der Waals surface area contributed by atoms with Crippen molar-refractivity contribution in [3.63, 3.8) is 0 Å². The van der Waals surface area contributed by atoms with Crippen molar-refractivity contribution in [3.05, 3.63) is 29.6 Å². The Labute approximate surface area is 164 Å². The third-order valence-electron chi connectivity index (χ3n) is 6.82. The van der Waals surface area contributed by atoms with E-state index in [4.69, 9.17) is 9.47 Å². The van der Waals surface area contributed by atoms with Gasteiger partial charge in [0.1, 0.15) is 12.2 Å². The Hall–Kier alpha value is -1.67. The Kier molecular flexibility index (Phi) is 4.90. The van der Waals surface area contributed by atoms with Crippen LogP contribution in [0.3, 0.4) is 0 Å². The molecule has 0 radical (unpaired) electrons. The molecule has 4 bridgehead atoms. The number of esters is 1. The lowest BCUT2D eigenvalue weighted by atomic mass is 9.50. The molecule has 0 N–H and O–H groups in total. The van der Waals surface area contributed by atoms with E-state index in [2.05, 4.69) is 6.92 Å². The monoisotopic (exact) mass is 411 g/mol. The van der Waals surface area contributed by atoms with Gasteiger partial charge in [0.05, 0.1) is 21.4 Å². The Balaban J connectivity index is 1.49. The number of hydrogen-bond acceptors (Lipinski definition) is 6. The maximum Gasteiger partial charge on any atom is 0.338 e. The highest BCUT2D eigenvalue weighted by Gasteiger charge is 2.56. The standard InChI is InChI=1S/C20H25FO6S/c1-20(15-7-12-6-13(9-15)10-16(20)8-12)27-18-11-14(2-3-17(18)21)19(22)26-4-5-28(23,24)25/h2-3,11-13,15-16H,4-10H2,1H3,(H,23,24,25)/p-1. The molecule has 154 valence electrons. The number of rotatable bonds is 6. The summed E-state index contributed by atoms with van der Waals surface area (Å²) in [6.45, 7) is 1.52. The molecule has 4 fully saturated rings. The minimum absolute atomic E-state index is 0.0147. The van der Waals surface area contributed by atoms with Gasteiger partial charge in [0.2, 0.25) is 0 Å². The number of benzene rings is 1. The van der Waals surface area contributed by atoms with Gasteiger partial charge in [0.15, 0.2) is 11.6 Å². The molecule has 4 saturated carbocycles. The van der Waals surface area contributed by atoms with Gasteiger partial charge in [0.25, 0.3) is 0 Å². The van der Waals surface area contributed by atoms with Crippen molar-refractivity contribution < 1.29 is 31.6 Å². The van der Waals surface area contributed by atoms with Gasteiger partial charge < -0.3 is 14.0 Å². The predicted octanol–water partition coefficient (Wildman–Crippen LogP) is 3.12. The lowest BCUT2D eigenvalue weighted by molar-refractivity contribution is -0.146. The fourth-order valence-electron chi connectivity index (χ4n) is 5.55. The molecular formula is C20H24FO6S-. The van der Waals surface area contributed by atoms with Crippen LogP contribution in [0, 0.1) is 29.5 Å². The topological polar surface area (TPSA) is 92.7 Å². The summed E-state index contributed by atoms with van der Waals surface area (Å²) in [4.78, 5) is 12.1. The minimum atomic E-state index is -4.47. The van der Waals surface area contributed by atoms with E-state index in [1.165, 1.54) is 18.6 Å². The fraction of sp³-hybridized carbons (Fsp3) is 0.650. The molecule has 1 aromatic carbocycles. The van der Waals surface area contributed by atoms with Crippen LogP contribution in [0.2, 0.25) is 0 Å². The van der Waals surface area contributed by atoms with Crippen LogP contribution in [0.1, 0.15) is 49.4 Å². The van der Waals surface area contributed by atoms with Gasteiger partial charge in [-0.15, -0.1) is 0 Å². The Morgan fingerprint density at radius 2 is 1.79 bits per heavy atom. The van der Waals surface area contributed by atoms with E-state index in [0.717, 1.165) is 43.6 Å². The summed E-state index contributed by atoms with van der Waals surface area (Å²) in [5, 5.41) is 0. The molecule has 0 aromatic heterocycles. The number of hydrogen-bond donors (Lipinski definition) is 0. The van der Waals surface area contributed by atoms with Crippen LogP contribution in [0.5, 0.6) is 5.75 Å². The number of carbonyl (C=O) groups excluding carboxylic acids is 1. The van der Waals surface area contributed by atoms with E-state index in [-0.39, 0.29) is 11.3 Å². The summed E-state index contributed by atoms with van der Waals surface area (Å²) in [5.74, 6) is 0.137. The van der Waals surface area contributed by atoms with Crippen LogP contribution in [-0.4, -0.2) is 36.9 Å². The highest BCUT2D eigenvalue weighted by atomic mass is 32.2. The highest BCUT2D eigenvalue weighted by molar-refractivity contribution is 7.85. The minimum Gasteiger partial charge on any atom is -0.748 e. The molecule has 0 spiro atoms. The van der Waals surface area contributed by atoms with Crippen molar-refractivity contribution >= 4 is 16.1 Å². The molecule has 4 aliphatic carbocycles. The Bertz CT molecular complexity index is 853. The summed E-state index contributed by atoms with van der Waals surface area (Å²) in [6.07, 6.45) is 5.73. The summed E-state index contributed by atoms with van der Waals surface area (Å²) >= 11 is 0. The van der Waals surface area contributed by atoms with Crippen molar-refractivity contribution in [2.24, 2.45) is 23.7 Å². The highest BCUT2D eigenvalue weighted by Crippen LogP contribution is 2.59. The van der Waals surface area contributed by atoms with Crippen molar-refractivity contribution in [1.29, 1.82) is 0 Å². The van der Waals surface area contributed by atoms with Crippen LogP contribution in [0.15, 0.2) is 18.2 Å². The largest absolute Gasteiger partial charge is 0.748 e. The average molecular weight is 411 g/mol. The van der Waals surface area contributed by atoms with Crippen LogP contribution in [0.4, 0.5) is 4.39 Å². The summed E-state index contributed by atoms with van der Waals surface area (Å²) in [7, 11) is -4.47. The molecule has 0 heterocycles. The van der Waals surface area contributed by atoms with Gasteiger partial charge in [0, 0.05) is 0 Å². The second-order valence-electron chi connectivity index (χ2n) is 8.63. The molecule has 0 amide bonds. The van der Waals surface area contributed by atoms with Crippen LogP contribution < -0.4 is 4.74 Å². The summed E-state index contributed by atoms with van der Waals surface area (Å²) in [5.41, 5.74) is -0.389. The lowest BCUT2D eigenvalue weighted by Crippen LogP contribution is -2.59. The zero-order valence-electron chi connectivity index (χ0n) is 15.7. The number of halogens is 1. The zero-order chi connectivity index (χ0) is 20.1. The normalized spacial score (nSPS) is 33.7. The molecule has 8 heteroatoms. The van der Waals surface area contributed by atoms with E-state index < -0.39 is 39.9 Å². The maximum atomic E-state index is 14.4. The third-order valence-corrected chi connectivity index (χ3v) is 7.49.